The van der Waals surface area contributed by atoms with Crippen molar-refractivity contribution in [1.29, 1.82) is 0 Å². The highest BCUT2D eigenvalue weighted by atomic mass is 16.3. The Labute approximate surface area is 100 Å². The molecule has 0 aromatic carbocycles. The van der Waals surface area contributed by atoms with Crippen molar-refractivity contribution in [2.45, 2.75) is 32.8 Å². The molecule has 0 aliphatic rings. The Morgan fingerprint density at radius 1 is 1.47 bits per heavy atom. The van der Waals surface area contributed by atoms with Crippen LogP contribution in [-0.2, 0) is 0 Å². The van der Waals surface area contributed by atoms with Crippen molar-refractivity contribution in [3.05, 3.63) is 18.1 Å². The fraction of sp³-hybridized carbons (Fsp3) is 0.500. The lowest BCUT2D eigenvalue weighted by molar-refractivity contribution is 0.195. The fourth-order valence-corrected chi connectivity index (χ4v) is 1.71. The number of unbranched alkanes of at least 4 members (excludes halogenated alkanes) is 1. The molecular formula is C12H18N4O. The van der Waals surface area contributed by atoms with E-state index in [0.717, 1.165) is 41.9 Å². The molecule has 0 amide bonds. The summed E-state index contributed by atoms with van der Waals surface area (Å²) < 4.78 is 0. The first-order valence-corrected chi connectivity index (χ1v) is 5.98. The maximum Gasteiger partial charge on any atom is 0.143 e. The Morgan fingerprint density at radius 2 is 2.29 bits per heavy atom. The third-order valence-electron chi connectivity index (χ3n) is 2.72. The molecule has 0 spiro atoms. The summed E-state index contributed by atoms with van der Waals surface area (Å²) in [5.41, 5.74) is 1.52. The minimum Gasteiger partial charge on any atom is -0.387 e. The summed E-state index contributed by atoms with van der Waals surface area (Å²) in [6.45, 7) is 4.78. The Kier molecular flexibility index (Phi) is 3.58. The number of aromatic amines is 1. The minimum atomic E-state index is -0.521. The van der Waals surface area contributed by atoms with E-state index in [4.69, 9.17) is 0 Å². The maximum atomic E-state index is 9.53. The summed E-state index contributed by atoms with van der Waals surface area (Å²) >= 11 is 0. The highest BCUT2D eigenvalue weighted by Crippen LogP contribution is 2.23. The largest absolute Gasteiger partial charge is 0.387 e. The lowest BCUT2D eigenvalue weighted by atomic mass is 10.2. The molecule has 5 nitrogen and oxygen atoms in total. The van der Waals surface area contributed by atoms with Crippen molar-refractivity contribution >= 4 is 16.9 Å². The Balaban J connectivity index is 2.29. The van der Waals surface area contributed by atoms with Gasteiger partial charge in [0.15, 0.2) is 0 Å². The number of aliphatic hydroxyl groups excluding tert-OH is 1. The van der Waals surface area contributed by atoms with Crippen molar-refractivity contribution in [3.63, 3.8) is 0 Å². The van der Waals surface area contributed by atoms with E-state index in [2.05, 4.69) is 27.2 Å². The number of aromatic nitrogens is 3. The molecule has 92 valence electrons. The van der Waals surface area contributed by atoms with Gasteiger partial charge in [0, 0.05) is 12.2 Å². The average Bonchev–Trinajstić information content (AvgIpc) is 2.74. The van der Waals surface area contributed by atoms with Crippen molar-refractivity contribution < 1.29 is 5.11 Å². The van der Waals surface area contributed by atoms with Crippen molar-refractivity contribution in [3.8, 4) is 0 Å². The zero-order valence-electron chi connectivity index (χ0n) is 10.2. The molecule has 0 saturated heterocycles. The van der Waals surface area contributed by atoms with Gasteiger partial charge in [-0.15, -0.1) is 0 Å². The monoisotopic (exact) mass is 234 g/mol. The van der Waals surface area contributed by atoms with Crippen molar-refractivity contribution in [2.75, 3.05) is 11.9 Å². The molecule has 0 bridgehead atoms. The molecule has 1 atom stereocenters. The van der Waals surface area contributed by atoms with E-state index in [1.165, 1.54) is 6.33 Å². The van der Waals surface area contributed by atoms with E-state index >= 15 is 0 Å². The van der Waals surface area contributed by atoms with Crippen molar-refractivity contribution in [2.24, 2.45) is 0 Å². The fourth-order valence-electron chi connectivity index (χ4n) is 1.71. The number of rotatable bonds is 5. The average molecular weight is 234 g/mol. The normalized spacial score (nSPS) is 12.9. The van der Waals surface area contributed by atoms with Gasteiger partial charge in [-0.3, -0.25) is 0 Å². The lowest BCUT2D eigenvalue weighted by Crippen LogP contribution is -2.03. The molecule has 3 N–H and O–H groups in total. The van der Waals surface area contributed by atoms with Gasteiger partial charge in [-0.25, -0.2) is 9.97 Å². The lowest BCUT2D eigenvalue weighted by Gasteiger charge is -2.04. The molecule has 1 unspecified atom stereocenters. The smallest absolute Gasteiger partial charge is 0.143 e. The second-order valence-electron chi connectivity index (χ2n) is 4.17. The zero-order chi connectivity index (χ0) is 12.3. The summed E-state index contributed by atoms with van der Waals surface area (Å²) in [7, 11) is 0. The van der Waals surface area contributed by atoms with Crippen LogP contribution in [0, 0.1) is 0 Å². The number of hydrogen-bond donors (Lipinski definition) is 3. The predicted molar refractivity (Wildman–Crippen MR) is 67.9 cm³/mol. The van der Waals surface area contributed by atoms with Crippen LogP contribution in [0.15, 0.2) is 12.4 Å². The standard InChI is InChI=1S/C12H18N4O/c1-3-4-5-13-11-9-6-10(8(2)17)16-12(9)15-7-14-11/h6-8,17H,3-5H2,1-2H3,(H2,13,14,15,16). The summed E-state index contributed by atoms with van der Waals surface area (Å²) in [5, 5.41) is 13.7. The molecule has 2 rings (SSSR count). The maximum absolute atomic E-state index is 9.53. The molecule has 17 heavy (non-hydrogen) atoms. The van der Waals surface area contributed by atoms with E-state index in [1.807, 2.05) is 6.07 Å². The van der Waals surface area contributed by atoms with Crippen molar-refractivity contribution in [1.82, 2.24) is 15.0 Å². The molecular weight excluding hydrogens is 216 g/mol. The Bertz CT molecular complexity index is 492. The van der Waals surface area contributed by atoms with Crippen LogP contribution in [0.1, 0.15) is 38.5 Å². The van der Waals surface area contributed by atoms with E-state index in [1.54, 1.807) is 6.92 Å². The molecule has 0 fully saturated rings. The third-order valence-corrected chi connectivity index (χ3v) is 2.72. The first-order chi connectivity index (χ1) is 8.22. The molecule has 0 aliphatic heterocycles. The second-order valence-corrected chi connectivity index (χ2v) is 4.17. The number of H-pyrrole nitrogens is 1. The highest BCUT2D eigenvalue weighted by molar-refractivity contribution is 5.87. The second kappa shape index (κ2) is 5.14. The molecule has 2 heterocycles. The number of anilines is 1. The summed E-state index contributed by atoms with van der Waals surface area (Å²) in [6.07, 6.45) is 3.26. The van der Waals surface area contributed by atoms with Crippen LogP contribution in [0.5, 0.6) is 0 Å². The Morgan fingerprint density at radius 3 is 3.00 bits per heavy atom. The van der Waals surface area contributed by atoms with E-state index in [-0.39, 0.29) is 0 Å². The predicted octanol–water partition coefficient (Wildman–Crippen LogP) is 2.22. The first-order valence-electron chi connectivity index (χ1n) is 5.98. The van der Waals surface area contributed by atoms with E-state index in [0.29, 0.717) is 0 Å². The zero-order valence-corrected chi connectivity index (χ0v) is 10.2. The van der Waals surface area contributed by atoms with Crippen LogP contribution in [0.25, 0.3) is 11.0 Å². The van der Waals surface area contributed by atoms with Gasteiger partial charge in [-0.1, -0.05) is 13.3 Å². The van der Waals surface area contributed by atoms with Gasteiger partial charge in [-0.05, 0) is 19.4 Å². The van der Waals surface area contributed by atoms with Crippen LogP contribution in [0.4, 0.5) is 5.82 Å². The third kappa shape index (κ3) is 2.55. The van der Waals surface area contributed by atoms with Gasteiger partial charge in [0.05, 0.1) is 11.5 Å². The summed E-state index contributed by atoms with van der Waals surface area (Å²) in [6, 6.07) is 1.90. The number of hydrogen-bond acceptors (Lipinski definition) is 4. The highest BCUT2D eigenvalue weighted by Gasteiger charge is 2.10. The van der Waals surface area contributed by atoms with Crippen LogP contribution >= 0.6 is 0 Å². The molecule has 2 aromatic rings. The first kappa shape index (κ1) is 11.9. The van der Waals surface area contributed by atoms with Crippen LogP contribution in [0.2, 0.25) is 0 Å². The van der Waals surface area contributed by atoms with Gasteiger partial charge < -0.3 is 15.4 Å². The molecule has 2 aromatic heterocycles. The van der Waals surface area contributed by atoms with E-state index in [9.17, 15) is 5.11 Å². The van der Waals surface area contributed by atoms with E-state index < -0.39 is 6.10 Å². The quantitative estimate of drug-likeness (QED) is 0.693. The number of nitrogens with zero attached hydrogens (tertiary/aromatic N) is 2. The molecule has 5 heteroatoms. The van der Waals surface area contributed by atoms with Gasteiger partial charge in [0.2, 0.25) is 0 Å². The molecule has 0 radical (unpaired) electrons. The van der Waals surface area contributed by atoms with Crippen LogP contribution in [-0.4, -0.2) is 26.6 Å². The van der Waals surface area contributed by atoms with Crippen LogP contribution < -0.4 is 5.32 Å². The van der Waals surface area contributed by atoms with Gasteiger partial charge >= 0.3 is 0 Å². The van der Waals surface area contributed by atoms with Gasteiger partial charge in [0.25, 0.3) is 0 Å². The summed E-state index contributed by atoms with van der Waals surface area (Å²) in [5.74, 6) is 0.826. The number of nitrogens with one attached hydrogen (secondary N) is 2. The van der Waals surface area contributed by atoms with Gasteiger partial charge in [0.1, 0.15) is 17.8 Å². The Hall–Kier alpha value is -1.62. The molecule has 0 saturated carbocycles. The number of aliphatic hydroxyl groups is 1. The minimum absolute atomic E-state index is 0.521. The molecule has 0 aliphatic carbocycles. The van der Waals surface area contributed by atoms with Crippen LogP contribution in [0.3, 0.4) is 0 Å². The number of fused-ring (bicyclic) bond motifs is 1. The SMILES string of the molecule is CCCCNc1ncnc2[nH]c(C(C)O)cc12. The topological polar surface area (TPSA) is 73.8 Å². The van der Waals surface area contributed by atoms with Gasteiger partial charge in [-0.2, -0.15) is 0 Å². The summed E-state index contributed by atoms with van der Waals surface area (Å²) in [4.78, 5) is 11.5.